The van der Waals surface area contributed by atoms with Crippen LogP contribution in [0.1, 0.15) is 21.6 Å². The van der Waals surface area contributed by atoms with Crippen LogP contribution in [0.4, 0.5) is 10.1 Å². The summed E-state index contributed by atoms with van der Waals surface area (Å²) in [5, 5.41) is 0. The highest BCUT2D eigenvalue weighted by molar-refractivity contribution is 9.10. The lowest BCUT2D eigenvalue weighted by Crippen LogP contribution is -2.29. The van der Waals surface area contributed by atoms with Gasteiger partial charge in [-0.3, -0.25) is 4.79 Å². The van der Waals surface area contributed by atoms with E-state index in [1.807, 2.05) is 6.92 Å². The maximum Gasteiger partial charge on any atom is 0.276 e. The number of hydrogen-bond donors (Lipinski definition) is 0. The summed E-state index contributed by atoms with van der Waals surface area (Å²) in [5.41, 5.74) is 3.01. The number of carbonyl (C=O) groups excluding carboxylic acids is 1. The van der Waals surface area contributed by atoms with Crippen LogP contribution in [0.15, 0.2) is 34.9 Å². The van der Waals surface area contributed by atoms with Gasteiger partial charge < -0.3 is 4.90 Å². The topological polar surface area (TPSA) is 33.2 Å². The third kappa shape index (κ3) is 2.22. The smallest absolute Gasteiger partial charge is 0.276 e. The van der Waals surface area contributed by atoms with Gasteiger partial charge in [0.05, 0.1) is 0 Å². The normalized spacial score (nSPS) is 13.4. The van der Waals surface area contributed by atoms with Gasteiger partial charge in [0, 0.05) is 22.9 Å². The molecule has 0 unspecified atom stereocenters. The van der Waals surface area contributed by atoms with Gasteiger partial charge >= 0.3 is 0 Å². The van der Waals surface area contributed by atoms with E-state index in [2.05, 4.69) is 20.9 Å². The van der Waals surface area contributed by atoms with Crippen molar-refractivity contribution in [2.45, 2.75) is 13.3 Å². The summed E-state index contributed by atoms with van der Waals surface area (Å²) in [6, 6.07) is 6.28. The maximum absolute atomic E-state index is 13.2. The molecule has 102 valence electrons. The minimum atomic E-state index is -0.268. The van der Waals surface area contributed by atoms with Gasteiger partial charge in [-0.1, -0.05) is 0 Å². The molecule has 1 aliphatic rings. The van der Waals surface area contributed by atoms with Gasteiger partial charge in [0.15, 0.2) is 0 Å². The van der Waals surface area contributed by atoms with E-state index < -0.39 is 0 Å². The molecule has 1 aliphatic heterocycles. The Balaban J connectivity index is 1.95. The first-order valence-corrected chi connectivity index (χ1v) is 7.08. The fourth-order valence-electron chi connectivity index (χ4n) is 2.38. The van der Waals surface area contributed by atoms with Crippen LogP contribution in [0.25, 0.3) is 0 Å². The van der Waals surface area contributed by atoms with Crippen molar-refractivity contribution in [3.8, 4) is 0 Å². The van der Waals surface area contributed by atoms with E-state index in [0.29, 0.717) is 18.7 Å². The Morgan fingerprint density at radius 2 is 2.20 bits per heavy atom. The number of halogens is 2. The van der Waals surface area contributed by atoms with Crippen molar-refractivity contribution in [2.75, 3.05) is 11.4 Å². The third-order valence-electron chi connectivity index (χ3n) is 3.45. The molecule has 0 atom stereocenters. The molecular formula is C15H12BrFN2O. The third-order valence-corrected chi connectivity index (χ3v) is 4.28. The number of benzene rings is 1. The standard InChI is InChI=1S/C15H12BrFN2O/c1-9-6-13(18-8-12(9)16)15(20)19-5-4-10-7-11(17)2-3-14(10)19/h2-3,6-8H,4-5H2,1H3. The quantitative estimate of drug-likeness (QED) is 0.799. The van der Waals surface area contributed by atoms with Crippen LogP contribution in [0.2, 0.25) is 0 Å². The number of nitrogens with zero attached hydrogens (tertiary/aromatic N) is 2. The Morgan fingerprint density at radius 1 is 1.40 bits per heavy atom. The average molecular weight is 335 g/mol. The first-order valence-electron chi connectivity index (χ1n) is 6.28. The van der Waals surface area contributed by atoms with E-state index in [-0.39, 0.29) is 11.7 Å². The van der Waals surface area contributed by atoms with E-state index in [9.17, 15) is 9.18 Å². The zero-order chi connectivity index (χ0) is 14.3. The van der Waals surface area contributed by atoms with Gasteiger partial charge in [-0.2, -0.15) is 0 Å². The summed E-state index contributed by atoms with van der Waals surface area (Å²) in [6.07, 6.45) is 2.30. The lowest BCUT2D eigenvalue weighted by Gasteiger charge is -2.17. The Labute approximate surface area is 124 Å². The van der Waals surface area contributed by atoms with Gasteiger partial charge in [-0.05, 0) is 64.7 Å². The molecule has 0 spiro atoms. The predicted molar refractivity (Wildman–Crippen MR) is 78.5 cm³/mol. The zero-order valence-corrected chi connectivity index (χ0v) is 12.4. The average Bonchev–Trinajstić information content (AvgIpc) is 2.84. The molecule has 0 aliphatic carbocycles. The van der Waals surface area contributed by atoms with Crippen LogP contribution in [0, 0.1) is 12.7 Å². The Hall–Kier alpha value is -1.75. The fourth-order valence-corrected chi connectivity index (χ4v) is 2.59. The number of hydrogen-bond acceptors (Lipinski definition) is 2. The molecule has 5 heteroatoms. The molecular weight excluding hydrogens is 323 g/mol. The van der Waals surface area contributed by atoms with Crippen molar-refractivity contribution in [3.63, 3.8) is 0 Å². The Morgan fingerprint density at radius 3 is 2.95 bits per heavy atom. The highest BCUT2D eigenvalue weighted by atomic mass is 79.9. The van der Waals surface area contributed by atoms with Crippen molar-refractivity contribution in [2.24, 2.45) is 0 Å². The molecule has 1 amide bonds. The highest BCUT2D eigenvalue weighted by Gasteiger charge is 2.26. The molecule has 1 aromatic heterocycles. The molecule has 0 radical (unpaired) electrons. The number of rotatable bonds is 1. The Kier molecular flexibility index (Phi) is 3.30. The SMILES string of the molecule is Cc1cc(C(=O)N2CCc3cc(F)ccc32)ncc1Br. The largest absolute Gasteiger partial charge is 0.306 e. The van der Waals surface area contributed by atoms with Crippen LogP contribution in [0.5, 0.6) is 0 Å². The summed E-state index contributed by atoms with van der Waals surface area (Å²) < 4.78 is 14.1. The van der Waals surface area contributed by atoms with E-state index in [1.165, 1.54) is 12.1 Å². The van der Waals surface area contributed by atoms with E-state index in [1.54, 1.807) is 23.2 Å². The summed E-state index contributed by atoms with van der Waals surface area (Å²) in [7, 11) is 0. The molecule has 1 aromatic carbocycles. The molecule has 0 bridgehead atoms. The van der Waals surface area contributed by atoms with Gasteiger partial charge in [0.25, 0.3) is 5.91 Å². The minimum Gasteiger partial charge on any atom is -0.306 e. The van der Waals surface area contributed by atoms with Gasteiger partial charge in [-0.15, -0.1) is 0 Å². The molecule has 0 saturated heterocycles. The number of anilines is 1. The van der Waals surface area contributed by atoms with Crippen molar-refractivity contribution < 1.29 is 9.18 Å². The van der Waals surface area contributed by atoms with Crippen LogP contribution in [-0.2, 0) is 6.42 Å². The highest BCUT2D eigenvalue weighted by Crippen LogP contribution is 2.29. The van der Waals surface area contributed by atoms with Gasteiger partial charge in [-0.25, -0.2) is 9.37 Å². The zero-order valence-electron chi connectivity index (χ0n) is 10.9. The monoisotopic (exact) mass is 334 g/mol. The van der Waals surface area contributed by atoms with Crippen LogP contribution in [-0.4, -0.2) is 17.4 Å². The first-order chi connectivity index (χ1) is 9.56. The number of aromatic nitrogens is 1. The van der Waals surface area contributed by atoms with Crippen molar-refractivity contribution in [3.05, 3.63) is 57.6 Å². The predicted octanol–water partition coefficient (Wildman–Crippen LogP) is 3.49. The molecule has 3 nitrogen and oxygen atoms in total. The van der Waals surface area contributed by atoms with Crippen LogP contribution >= 0.6 is 15.9 Å². The summed E-state index contributed by atoms with van der Waals surface area (Å²) in [4.78, 5) is 18.3. The van der Waals surface area contributed by atoms with E-state index in [0.717, 1.165) is 21.3 Å². The molecule has 20 heavy (non-hydrogen) atoms. The van der Waals surface area contributed by atoms with Gasteiger partial charge in [0.2, 0.25) is 0 Å². The molecule has 0 fully saturated rings. The minimum absolute atomic E-state index is 0.147. The van der Waals surface area contributed by atoms with Crippen LogP contribution in [0.3, 0.4) is 0 Å². The number of aryl methyl sites for hydroxylation is 1. The first kappa shape index (κ1) is 13.2. The van der Waals surface area contributed by atoms with Crippen molar-refractivity contribution in [1.29, 1.82) is 0 Å². The number of amides is 1. The van der Waals surface area contributed by atoms with Crippen molar-refractivity contribution in [1.82, 2.24) is 4.98 Å². The second-order valence-corrected chi connectivity index (χ2v) is 5.65. The lowest BCUT2D eigenvalue weighted by molar-refractivity contribution is 0.0984. The second-order valence-electron chi connectivity index (χ2n) is 4.80. The lowest BCUT2D eigenvalue weighted by atomic mass is 10.1. The number of fused-ring (bicyclic) bond motifs is 1. The van der Waals surface area contributed by atoms with E-state index >= 15 is 0 Å². The molecule has 3 rings (SSSR count). The fraction of sp³-hybridized carbons (Fsp3) is 0.200. The van der Waals surface area contributed by atoms with Crippen LogP contribution < -0.4 is 4.90 Å². The molecule has 0 N–H and O–H groups in total. The summed E-state index contributed by atoms with van der Waals surface area (Å²) in [5.74, 6) is -0.415. The van der Waals surface area contributed by atoms with E-state index in [4.69, 9.17) is 0 Å². The van der Waals surface area contributed by atoms with Gasteiger partial charge in [0.1, 0.15) is 11.5 Å². The molecule has 2 heterocycles. The van der Waals surface area contributed by atoms with Crippen molar-refractivity contribution >= 4 is 27.5 Å². The number of pyridine rings is 1. The Bertz CT molecular complexity index is 702. The maximum atomic E-state index is 13.2. The second kappa shape index (κ2) is 4.98. The molecule has 2 aromatic rings. The molecule has 0 saturated carbocycles. The number of carbonyl (C=O) groups is 1. The summed E-state index contributed by atoms with van der Waals surface area (Å²) >= 11 is 3.37. The summed E-state index contributed by atoms with van der Waals surface area (Å²) in [6.45, 7) is 2.48.